The topological polar surface area (TPSA) is 81.2 Å². The average molecular weight is 329 g/mol. The number of thioether (sulfide) groups is 1. The fraction of sp³-hybridized carbons (Fsp3) is 0.188. The Hall–Kier alpha value is -2.54. The summed E-state index contributed by atoms with van der Waals surface area (Å²) in [5.41, 5.74) is 1.19. The summed E-state index contributed by atoms with van der Waals surface area (Å²) < 4.78 is 7.38. The smallest absolute Gasteiger partial charge is 0.339 e. The molecule has 3 aromatic rings. The summed E-state index contributed by atoms with van der Waals surface area (Å²) in [6.07, 6.45) is 0. The van der Waals surface area contributed by atoms with Crippen LogP contribution in [0.1, 0.15) is 21.9 Å². The summed E-state index contributed by atoms with van der Waals surface area (Å²) in [7, 11) is 1.90. The molecule has 6 nitrogen and oxygen atoms in total. The Labute approximate surface area is 137 Å². The Bertz CT molecular complexity index is 840. The third-order valence-corrected chi connectivity index (χ3v) is 4.45. The lowest BCUT2D eigenvalue weighted by atomic mass is 10.2. The van der Waals surface area contributed by atoms with Gasteiger partial charge in [0.1, 0.15) is 17.1 Å². The molecule has 118 valence electrons. The van der Waals surface area contributed by atoms with Crippen LogP contribution < -0.4 is 0 Å². The van der Waals surface area contributed by atoms with Gasteiger partial charge in [0.25, 0.3) is 0 Å². The molecule has 0 fully saturated rings. The average Bonchev–Trinajstić information content (AvgIpc) is 3.09. The fourth-order valence-corrected chi connectivity index (χ4v) is 3.03. The maximum absolute atomic E-state index is 11.0. The van der Waals surface area contributed by atoms with Gasteiger partial charge >= 0.3 is 5.97 Å². The van der Waals surface area contributed by atoms with Crippen molar-refractivity contribution in [3.05, 3.63) is 53.5 Å². The predicted octanol–water partition coefficient (Wildman–Crippen LogP) is 3.37. The normalized spacial score (nSPS) is 10.9. The first-order valence-electron chi connectivity index (χ1n) is 6.96. The number of nitrogens with zero attached hydrogens (tertiary/aromatic N) is 3. The molecule has 2 heterocycles. The number of hydrogen-bond acceptors (Lipinski definition) is 5. The SMILES string of the molecule is Cc1oc(CSc2nnc(-c3ccccc3)n2C)cc1C(=O)O. The van der Waals surface area contributed by atoms with E-state index in [1.807, 2.05) is 41.9 Å². The predicted molar refractivity (Wildman–Crippen MR) is 86.4 cm³/mol. The summed E-state index contributed by atoms with van der Waals surface area (Å²) in [5, 5.41) is 18.2. The molecule has 0 spiro atoms. The third-order valence-electron chi connectivity index (χ3n) is 3.41. The zero-order valence-corrected chi connectivity index (χ0v) is 13.5. The van der Waals surface area contributed by atoms with E-state index in [1.54, 1.807) is 13.0 Å². The summed E-state index contributed by atoms with van der Waals surface area (Å²) in [4.78, 5) is 11.0. The quantitative estimate of drug-likeness (QED) is 0.723. The molecule has 1 N–H and O–H groups in total. The van der Waals surface area contributed by atoms with Crippen LogP contribution in [0.25, 0.3) is 11.4 Å². The number of rotatable bonds is 5. The maximum atomic E-state index is 11.0. The molecule has 0 amide bonds. The number of aromatic nitrogens is 3. The second-order valence-electron chi connectivity index (χ2n) is 5.01. The highest BCUT2D eigenvalue weighted by atomic mass is 32.2. The second kappa shape index (κ2) is 6.29. The van der Waals surface area contributed by atoms with Crippen LogP contribution in [-0.4, -0.2) is 25.8 Å². The lowest BCUT2D eigenvalue weighted by molar-refractivity contribution is 0.0695. The third kappa shape index (κ3) is 3.14. The molecule has 0 unspecified atom stereocenters. The zero-order valence-electron chi connectivity index (χ0n) is 12.7. The van der Waals surface area contributed by atoms with E-state index in [4.69, 9.17) is 9.52 Å². The molecule has 23 heavy (non-hydrogen) atoms. The summed E-state index contributed by atoms with van der Waals surface area (Å²) >= 11 is 1.45. The van der Waals surface area contributed by atoms with Crippen molar-refractivity contribution in [2.75, 3.05) is 0 Å². The lowest BCUT2D eigenvalue weighted by Gasteiger charge is -2.02. The zero-order chi connectivity index (χ0) is 16.4. The van der Waals surface area contributed by atoms with E-state index in [2.05, 4.69) is 10.2 Å². The Morgan fingerprint density at radius 1 is 1.30 bits per heavy atom. The number of aryl methyl sites for hydroxylation is 1. The van der Waals surface area contributed by atoms with Crippen molar-refractivity contribution in [3.63, 3.8) is 0 Å². The van der Waals surface area contributed by atoms with Crippen molar-refractivity contribution in [2.45, 2.75) is 17.8 Å². The van der Waals surface area contributed by atoms with E-state index in [-0.39, 0.29) is 5.56 Å². The molecule has 2 aromatic heterocycles. The molecule has 0 bridgehead atoms. The standard InChI is InChI=1S/C16H15N3O3S/c1-10-13(15(20)21)8-12(22-10)9-23-16-18-17-14(19(16)2)11-6-4-3-5-7-11/h3-8H,9H2,1-2H3,(H,20,21). The maximum Gasteiger partial charge on any atom is 0.339 e. The second-order valence-corrected chi connectivity index (χ2v) is 5.95. The summed E-state index contributed by atoms with van der Waals surface area (Å²) in [5.74, 6) is 1.32. The van der Waals surface area contributed by atoms with Gasteiger partial charge in [-0.15, -0.1) is 10.2 Å². The molecule has 0 aliphatic heterocycles. The van der Waals surface area contributed by atoms with Crippen LogP contribution in [-0.2, 0) is 12.8 Å². The molecule has 7 heteroatoms. The van der Waals surface area contributed by atoms with Crippen molar-refractivity contribution in [1.82, 2.24) is 14.8 Å². The van der Waals surface area contributed by atoms with Gasteiger partial charge in [-0.3, -0.25) is 0 Å². The lowest BCUT2D eigenvalue weighted by Crippen LogP contribution is -1.95. The van der Waals surface area contributed by atoms with Crippen molar-refractivity contribution < 1.29 is 14.3 Å². The van der Waals surface area contributed by atoms with Gasteiger partial charge in [-0.1, -0.05) is 42.1 Å². The van der Waals surface area contributed by atoms with Crippen LogP contribution in [0.5, 0.6) is 0 Å². The molecular weight excluding hydrogens is 314 g/mol. The van der Waals surface area contributed by atoms with Gasteiger partial charge in [-0.2, -0.15) is 0 Å². The highest BCUT2D eigenvalue weighted by molar-refractivity contribution is 7.98. The molecule has 0 aliphatic carbocycles. The Balaban J connectivity index is 1.76. The van der Waals surface area contributed by atoms with Crippen LogP contribution in [0.2, 0.25) is 0 Å². The van der Waals surface area contributed by atoms with Crippen molar-refractivity contribution in [1.29, 1.82) is 0 Å². The summed E-state index contributed by atoms with van der Waals surface area (Å²) in [6.45, 7) is 1.65. The van der Waals surface area contributed by atoms with E-state index >= 15 is 0 Å². The van der Waals surface area contributed by atoms with Crippen LogP contribution >= 0.6 is 11.8 Å². The fourth-order valence-electron chi connectivity index (χ4n) is 2.24. The Morgan fingerprint density at radius 2 is 2.04 bits per heavy atom. The van der Waals surface area contributed by atoms with Gasteiger partial charge in [0.2, 0.25) is 0 Å². The first-order chi connectivity index (χ1) is 11.1. The largest absolute Gasteiger partial charge is 0.478 e. The number of hydrogen-bond donors (Lipinski definition) is 1. The number of carboxylic acid groups (broad SMARTS) is 1. The van der Waals surface area contributed by atoms with Crippen LogP contribution in [0.15, 0.2) is 46.0 Å². The Morgan fingerprint density at radius 3 is 2.70 bits per heavy atom. The minimum absolute atomic E-state index is 0.198. The van der Waals surface area contributed by atoms with Gasteiger partial charge < -0.3 is 14.1 Å². The van der Waals surface area contributed by atoms with E-state index in [0.29, 0.717) is 17.3 Å². The van der Waals surface area contributed by atoms with Crippen molar-refractivity contribution in [2.24, 2.45) is 7.05 Å². The minimum Gasteiger partial charge on any atom is -0.478 e. The van der Waals surface area contributed by atoms with Gasteiger partial charge in [0.05, 0.1) is 5.75 Å². The van der Waals surface area contributed by atoms with Crippen LogP contribution in [0, 0.1) is 6.92 Å². The number of carbonyl (C=O) groups is 1. The van der Waals surface area contributed by atoms with Gasteiger partial charge in [-0.05, 0) is 13.0 Å². The first kappa shape index (κ1) is 15.4. The van der Waals surface area contributed by atoms with Crippen molar-refractivity contribution >= 4 is 17.7 Å². The summed E-state index contributed by atoms with van der Waals surface area (Å²) in [6, 6.07) is 11.4. The monoisotopic (exact) mass is 329 g/mol. The Kier molecular flexibility index (Phi) is 4.20. The van der Waals surface area contributed by atoms with Crippen molar-refractivity contribution in [3.8, 4) is 11.4 Å². The van der Waals surface area contributed by atoms with Gasteiger partial charge in [0.15, 0.2) is 11.0 Å². The van der Waals surface area contributed by atoms with Crippen LogP contribution in [0.4, 0.5) is 0 Å². The van der Waals surface area contributed by atoms with E-state index < -0.39 is 5.97 Å². The van der Waals surface area contributed by atoms with Gasteiger partial charge in [-0.25, -0.2) is 4.79 Å². The van der Waals surface area contributed by atoms with E-state index in [1.165, 1.54) is 11.8 Å². The number of benzene rings is 1. The highest BCUT2D eigenvalue weighted by Crippen LogP contribution is 2.26. The molecular formula is C16H15N3O3S. The number of furan rings is 1. The van der Waals surface area contributed by atoms with E-state index in [0.717, 1.165) is 16.5 Å². The number of aromatic carboxylic acids is 1. The van der Waals surface area contributed by atoms with Crippen LogP contribution in [0.3, 0.4) is 0 Å². The first-order valence-corrected chi connectivity index (χ1v) is 7.95. The minimum atomic E-state index is -0.979. The molecule has 0 saturated heterocycles. The highest BCUT2D eigenvalue weighted by Gasteiger charge is 2.16. The van der Waals surface area contributed by atoms with Gasteiger partial charge in [0, 0.05) is 12.6 Å². The molecule has 0 saturated carbocycles. The number of carboxylic acids is 1. The molecule has 0 radical (unpaired) electrons. The molecule has 0 aliphatic rings. The molecule has 1 aromatic carbocycles. The molecule has 0 atom stereocenters. The van der Waals surface area contributed by atoms with E-state index in [9.17, 15) is 4.79 Å². The molecule has 3 rings (SSSR count).